The first-order chi connectivity index (χ1) is 6.65. The van der Waals surface area contributed by atoms with Crippen molar-refractivity contribution in [3.05, 3.63) is 41.5 Å². The molecule has 0 aliphatic carbocycles. The molecule has 0 unspecified atom stereocenters. The van der Waals surface area contributed by atoms with Gasteiger partial charge in [-0.2, -0.15) is 0 Å². The third-order valence-corrected chi connectivity index (χ3v) is 2.02. The van der Waals surface area contributed by atoms with Crippen LogP contribution in [0.1, 0.15) is 11.3 Å². The van der Waals surface area contributed by atoms with Crippen LogP contribution < -0.4 is 0 Å². The normalized spacial score (nSPS) is 10.5. The SMILES string of the molecule is Cc1cc(F)cc(-c2ncc(C)[nH]2)c1. The molecular weight excluding hydrogens is 179 g/mol. The largest absolute Gasteiger partial charge is 0.342 e. The second-order valence-corrected chi connectivity index (χ2v) is 3.43. The average Bonchev–Trinajstić information content (AvgIpc) is 2.50. The minimum atomic E-state index is -0.228. The molecule has 0 aliphatic rings. The Kier molecular flexibility index (Phi) is 2.08. The van der Waals surface area contributed by atoms with E-state index < -0.39 is 0 Å². The Morgan fingerprint density at radius 3 is 2.57 bits per heavy atom. The van der Waals surface area contributed by atoms with Gasteiger partial charge < -0.3 is 4.98 Å². The molecule has 0 amide bonds. The quantitative estimate of drug-likeness (QED) is 0.736. The molecule has 2 rings (SSSR count). The molecule has 0 aliphatic heterocycles. The van der Waals surface area contributed by atoms with Gasteiger partial charge in [0.1, 0.15) is 11.6 Å². The van der Waals surface area contributed by atoms with Crippen molar-refractivity contribution >= 4 is 0 Å². The number of nitrogens with one attached hydrogen (secondary N) is 1. The fraction of sp³-hybridized carbons (Fsp3) is 0.182. The fourth-order valence-electron chi connectivity index (χ4n) is 1.43. The van der Waals surface area contributed by atoms with Crippen LogP contribution >= 0.6 is 0 Å². The highest BCUT2D eigenvalue weighted by Crippen LogP contribution is 2.18. The summed E-state index contributed by atoms with van der Waals surface area (Å²) in [6, 6.07) is 4.88. The summed E-state index contributed by atoms with van der Waals surface area (Å²) < 4.78 is 13.1. The zero-order valence-corrected chi connectivity index (χ0v) is 8.13. The van der Waals surface area contributed by atoms with Crippen molar-refractivity contribution in [1.29, 1.82) is 0 Å². The maximum atomic E-state index is 13.1. The minimum absolute atomic E-state index is 0.228. The Hall–Kier alpha value is -1.64. The summed E-state index contributed by atoms with van der Waals surface area (Å²) in [6.07, 6.45) is 1.73. The lowest BCUT2D eigenvalue weighted by Gasteiger charge is -1.99. The number of benzene rings is 1. The number of aromatic amines is 1. The van der Waals surface area contributed by atoms with Gasteiger partial charge in [-0.05, 0) is 37.6 Å². The van der Waals surface area contributed by atoms with Crippen molar-refractivity contribution in [3.8, 4) is 11.4 Å². The van der Waals surface area contributed by atoms with Gasteiger partial charge in [-0.3, -0.25) is 0 Å². The molecule has 2 aromatic rings. The number of hydrogen-bond acceptors (Lipinski definition) is 1. The molecule has 0 atom stereocenters. The summed E-state index contributed by atoms with van der Waals surface area (Å²) in [5.74, 6) is 0.485. The number of halogens is 1. The molecule has 72 valence electrons. The second-order valence-electron chi connectivity index (χ2n) is 3.43. The van der Waals surface area contributed by atoms with Crippen molar-refractivity contribution < 1.29 is 4.39 Å². The summed E-state index contributed by atoms with van der Waals surface area (Å²) >= 11 is 0. The third-order valence-electron chi connectivity index (χ3n) is 2.02. The van der Waals surface area contributed by atoms with Gasteiger partial charge in [0.15, 0.2) is 0 Å². The molecule has 1 aromatic heterocycles. The number of hydrogen-bond donors (Lipinski definition) is 1. The topological polar surface area (TPSA) is 28.7 Å². The molecule has 14 heavy (non-hydrogen) atoms. The van der Waals surface area contributed by atoms with E-state index in [2.05, 4.69) is 9.97 Å². The van der Waals surface area contributed by atoms with Crippen molar-refractivity contribution in [3.63, 3.8) is 0 Å². The van der Waals surface area contributed by atoms with Gasteiger partial charge in [-0.1, -0.05) is 0 Å². The van der Waals surface area contributed by atoms with Gasteiger partial charge in [0.2, 0.25) is 0 Å². The molecule has 1 N–H and O–H groups in total. The van der Waals surface area contributed by atoms with E-state index in [9.17, 15) is 4.39 Å². The first-order valence-electron chi connectivity index (χ1n) is 4.44. The molecule has 0 spiro atoms. The zero-order valence-electron chi connectivity index (χ0n) is 8.13. The van der Waals surface area contributed by atoms with Gasteiger partial charge in [-0.15, -0.1) is 0 Å². The number of nitrogens with zero attached hydrogens (tertiary/aromatic N) is 1. The number of imidazole rings is 1. The Morgan fingerprint density at radius 1 is 1.21 bits per heavy atom. The monoisotopic (exact) mass is 190 g/mol. The van der Waals surface area contributed by atoms with E-state index in [4.69, 9.17) is 0 Å². The highest BCUT2D eigenvalue weighted by atomic mass is 19.1. The molecule has 0 radical (unpaired) electrons. The van der Waals surface area contributed by atoms with E-state index in [1.807, 2.05) is 19.9 Å². The molecule has 1 aromatic carbocycles. The Balaban J connectivity index is 2.51. The van der Waals surface area contributed by atoms with Gasteiger partial charge in [0.25, 0.3) is 0 Å². The molecule has 0 bridgehead atoms. The minimum Gasteiger partial charge on any atom is -0.342 e. The van der Waals surface area contributed by atoms with E-state index in [-0.39, 0.29) is 5.82 Å². The lowest BCUT2D eigenvalue weighted by Crippen LogP contribution is -1.85. The highest BCUT2D eigenvalue weighted by Gasteiger charge is 2.03. The second kappa shape index (κ2) is 3.25. The van der Waals surface area contributed by atoms with E-state index in [0.29, 0.717) is 5.82 Å². The predicted octanol–water partition coefficient (Wildman–Crippen LogP) is 2.83. The molecule has 1 heterocycles. The maximum Gasteiger partial charge on any atom is 0.137 e. The highest BCUT2D eigenvalue weighted by molar-refractivity contribution is 5.56. The Morgan fingerprint density at radius 2 is 2.00 bits per heavy atom. The molecule has 0 fully saturated rings. The van der Waals surface area contributed by atoms with E-state index >= 15 is 0 Å². The average molecular weight is 190 g/mol. The van der Waals surface area contributed by atoms with E-state index in [1.54, 1.807) is 6.20 Å². The van der Waals surface area contributed by atoms with Gasteiger partial charge >= 0.3 is 0 Å². The van der Waals surface area contributed by atoms with Crippen LogP contribution in [0.4, 0.5) is 4.39 Å². The maximum absolute atomic E-state index is 13.1. The van der Waals surface area contributed by atoms with Crippen molar-refractivity contribution in [2.75, 3.05) is 0 Å². The molecule has 0 saturated heterocycles. The summed E-state index contributed by atoms with van der Waals surface area (Å²) in [6.45, 7) is 3.78. The van der Waals surface area contributed by atoms with Crippen molar-refractivity contribution in [1.82, 2.24) is 9.97 Å². The van der Waals surface area contributed by atoms with Crippen LogP contribution in [0.3, 0.4) is 0 Å². The summed E-state index contributed by atoms with van der Waals surface area (Å²) in [5.41, 5.74) is 2.66. The van der Waals surface area contributed by atoms with E-state index in [0.717, 1.165) is 16.8 Å². The zero-order chi connectivity index (χ0) is 10.1. The molecule has 3 heteroatoms. The van der Waals surface area contributed by atoms with Crippen molar-refractivity contribution in [2.24, 2.45) is 0 Å². The summed E-state index contributed by atoms with van der Waals surface area (Å²) in [7, 11) is 0. The van der Waals surface area contributed by atoms with Crippen LogP contribution in [0.2, 0.25) is 0 Å². The number of H-pyrrole nitrogens is 1. The Labute approximate surface area is 81.8 Å². The van der Waals surface area contributed by atoms with Gasteiger partial charge in [0, 0.05) is 17.5 Å². The fourth-order valence-corrected chi connectivity index (χ4v) is 1.43. The lowest BCUT2D eigenvalue weighted by atomic mass is 10.1. The van der Waals surface area contributed by atoms with Crippen LogP contribution in [-0.4, -0.2) is 9.97 Å². The first kappa shape index (κ1) is 8.94. The Bertz CT molecular complexity index is 440. The van der Waals surface area contributed by atoms with Gasteiger partial charge in [-0.25, -0.2) is 9.37 Å². The summed E-state index contributed by atoms with van der Waals surface area (Å²) in [4.78, 5) is 7.22. The van der Waals surface area contributed by atoms with Crippen LogP contribution in [0.25, 0.3) is 11.4 Å². The number of rotatable bonds is 1. The van der Waals surface area contributed by atoms with Crippen molar-refractivity contribution in [2.45, 2.75) is 13.8 Å². The third kappa shape index (κ3) is 1.66. The summed E-state index contributed by atoms with van der Waals surface area (Å²) in [5, 5.41) is 0. The number of aromatic nitrogens is 2. The first-order valence-corrected chi connectivity index (χ1v) is 4.44. The van der Waals surface area contributed by atoms with Crippen LogP contribution in [-0.2, 0) is 0 Å². The van der Waals surface area contributed by atoms with Crippen LogP contribution in [0, 0.1) is 19.7 Å². The molecule has 0 saturated carbocycles. The van der Waals surface area contributed by atoms with E-state index in [1.165, 1.54) is 12.1 Å². The van der Waals surface area contributed by atoms with Crippen LogP contribution in [0.15, 0.2) is 24.4 Å². The smallest absolute Gasteiger partial charge is 0.137 e. The standard InChI is InChI=1S/C11H11FN2/c1-7-3-9(5-10(12)4-7)11-13-6-8(2)14-11/h3-6H,1-2H3,(H,13,14). The van der Waals surface area contributed by atoms with Crippen LogP contribution in [0.5, 0.6) is 0 Å². The predicted molar refractivity (Wildman–Crippen MR) is 53.5 cm³/mol. The lowest BCUT2D eigenvalue weighted by molar-refractivity contribution is 0.627. The molecular formula is C11H11FN2. The number of aryl methyl sites for hydroxylation is 2. The molecule has 2 nitrogen and oxygen atoms in total. The van der Waals surface area contributed by atoms with Gasteiger partial charge in [0.05, 0.1) is 0 Å².